The maximum absolute atomic E-state index is 11.4. The minimum Gasteiger partial charge on any atom is -0.368 e. The zero-order valence-corrected chi connectivity index (χ0v) is 12.8. The van der Waals surface area contributed by atoms with Crippen molar-refractivity contribution < 1.29 is 4.79 Å². The van der Waals surface area contributed by atoms with Crippen molar-refractivity contribution in [3.05, 3.63) is 0 Å². The molecule has 4 nitrogen and oxygen atoms in total. The van der Waals surface area contributed by atoms with E-state index in [0.717, 1.165) is 32.0 Å². The molecule has 0 saturated carbocycles. The third-order valence-corrected chi connectivity index (χ3v) is 4.14. The van der Waals surface area contributed by atoms with E-state index in [2.05, 4.69) is 31.0 Å². The van der Waals surface area contributed by atoms with Crippen LogP contribution in [0, 0.1) is 5.92 Å². The van der Waals surface area contributed by atoms with Gasteiger partial charge in [-0.25, -0.2) is 0 Å². The van der Waals surface area contributed by atoms with Crippen molar-refractivity contribution >= 4 is 5.91 Å². The largest absolute Gasteiger partial charge is 0.368 e. The van der Waals surface area contributed by atoms with Crippen LogP contribution in [0.1, 0.15) is 47.0 Å². The molecule has 0 aromatic heterocycles. The molecule has 0 aliphatic rings. The first-order chi connectivity index (χ1) is 8.43. The molecule has 18 heavy (non-hydrogen) atoms. The summed E-state index contributed by atoms with van der Waals surface area (Å²) in [5, 5.41) is 3.04. The molecular weight excluding hydrogens is 226 g/mol. The summed E-state index contributed by atoms with van der Waals surface area (Å²) in [6, 6.07) is 0. The summed E-state index contributed by atoms with van der Waals surface area (Å²) >= 11 is 0. The average Bonchev–Trinajstić information content (AvgIpc) is 2.38. The molecule has 3 N–H and O–H groups in total. The van der Waals surface area contributed by atoms with E-state index in [4.69, 9.17) is 5.73 Å². The molecule has 0 aromatic rings. The van der Waals surface area contributed by atoms with Gasteiger partial charge in [-0.1, -0.05) is 33.6 Å². The predicted octanol–water partition coefficient (Wildman–Crippen LogP) is 1.60. The molecule has 0 saturated heterocycles. The SMILES string of the molecule is CCC(CC)CN(CC)CCC(C)(NC)C(N)=O. The fourth-order valence-electron chi connectivity index (χ4n) is 2.04. The number of carbonyl (C=O) groups excluding carboxylic acids is 1. The van der Waals surface area contributed by atoms with Crippen LogP contribution in [0.3, 0.4) is 0 Å². The van der Waals surface area contributed by atoms with E-state index in [0.29, 0.717) is 0 Å². The molecule has 0 aliphatic carbocycles. The van der Waals surface area contributed by atoms with Gasteiger partial charge < -0.3 is 16.0 Å². The van der Waals surface area contributed by atoms with Gasteiger partial charge in [0.2, 0.25) is 5.91 Å². The highest BCUT2D eigenvalue weighted by Gasteiger charge is 2.29. The second-order valence-corrected chi connectivity index (χ2v) is 5.27. The van der Waals surface area contributed by atoms with Crippen molar-refractivity contribution in [3.8, 4) is 0 Å². The quantitative estimate of drug-likeness (QED) is 0.625. The highest BCUT2D eigenvalue weighted by atomic mass is 16.1. The zero-order valence-electron chi connectivity index (χ0n) is 12.8. The Morgan fingerprint density at radius 2 is 1.89 bits per heavy atom. The second kappa shape index (κ2) is 8.48. The lowest BCUT2D eigenvalue weighted by Gasteiger charge is -2.31. The van der Waals surface area contributed by atoms with Crippen LogP contribution in [0.25, 0.3) is 0 Å². The molecule has 0 aromatic carbocycles. The third-order valence-electron chi connectivity index (χ3n) is 4.14. The lowest BCUT2D eigenvalue weighted by molar-refractivity contribution is -0.124. The molecule has 0 aliphatic heterocycles. The molecule has 0 spiro atoms. The lowest BCUT2D eigenvalue weighted by atomic mass is 9.96. The number of nitrogens with zero attached hydrogens (tertiary/aromatic N) is 1. The Hall–Kier alpha value is -0.610. The van der Waals surface area contributed by atoms with Crippen LogP contribution in [0.15, 0.2) is 0 Å². The molecule has 108 valence electrons. The number of hydrogen-bond acceptors (Lipinski definition) is 3. The van der Waals surface area contributed by atoms with Crippen molar-refractivity contribution in [3.63, 3.8) is 0 Å². The Morgan fingerprint density at radius 1 is 1.33 bits per heavy atom. The number of primary amides is 1. The summed E-state index contributed by atoms with van der Waals surface area (Å²) in [6.07, 6.45) is 3.19. The number of amides is 1. The molecule has 1 unspecified atom stereocenters. The van der Waals surface area contributed by atoms with E-state index >= 15 is 0 Å². The van der Waals surface area contributed by atoms with E-state index in [9.17, 15) is 4.79 Å². The van der Waals surface area contributed by atoms with Crippen LogP contribution < -0.4 is 11.1 Å². The van der Waals surface area contributed by atoms with Crippen molar-refractivity contribution in [1.82, 2.24) is 10.2 Å². The van der Waals surface area contributed by atoms with Gasteiger partial charge in [0, 0.05) is 13.1 Å². The van der Waals surface area contributed by atoms with Gasteiger partial charge in [-0.15, -0.1) is 0 Å². The average molecular weight is 257 g/mol. The fraction of sp³-hybridized carbons (Fsp3) is 0.929. The number of rotatable bonds is 10. The molecule has 0 rings (SSSR count). The minimum atomic E-state index is -0.596. The van der Waals surface area contributed by atoms with Crippen LogP contribution in [-0.4, -0.2) is 43.0 Å². The third kappa shape index (κ3) is 5.36. The number of nitrogens with two attached hydrogens (primary N) is 1. The number of carbonyl (C=O) groups is 1. The maximum Gasteiger partial charge on any atom is 0.237 e. The van der Waals surface area contributed by atoms with Crippen molar-refractivity contribution in [2.45, 2.75) is 52.5 Å². The number of likely N-dealkylation sites (N-methyl/N-ethyl adjacent to an activating group) is 1. The Labute approximate surface area is 112 Å². The van der Waals surface area contributed by atoms with E-state index in [1.54, 1.807) is 7.05 Å². The van der Waals surface area contributed by atoms with Crippen LogP contribution >= 0.6 is 0 Å². The summed E-state index contributed by atoms with van der Waals surface area (Å²) in [4.78, 5) is 13.8. The smallest absolute Gasteiger partial charge is 0.237 e. The van der Waals surface area contributed by atoms with Crippen LogP contribution in [-0.2, 0) is 4.79 Å². The highest BCUT2D eigenvalue weighted by molar-refractivity contribution is 5.84. The molecule has 1 atom stereocenters. The van der Waals surface area contributed by atoms with E-state index in [1.165, 1.54) is 12.8 Å². The van der Waals surface area contributed by atoms with Gasteiger partial charge in [0.05, 0.1) is 5.54 Å². The van der Waals surface area contributed by atoms with Gasteiger partial charge in [0.15, 0.2) is 0 Å². The van der Waals surface area contributed by atoms with Crippen molar-refractivity contribution in [2.24, 2.45) is 11.7 Å². The van der Waals surface area contributed by atoms with Gasteiger partial charge in [-0.2, -0.15) is 0 Å². The standard InChI is InChI=1S/C14H31N3O/c1-6-12(7-2)11-17(8-3)10-9-14(4,16-5)13(15)18/h12,16H,6-11H2,1-5H3,(H2,15,18). The van der Waals surface area contributed by atoms with E-state index in [-0.39, 0.29) is 5.91 Å². The summed E-state index contributed by atoms with van der Waals surface area (Å²) in [6.45, 7) is 11.6. The first-order valence-electron chi connectivity index (χ1n) is 7.14. The van der Waals surface area contributed by atoms with Gasteiger partial charge >= 0.3 is 0 Å². The minimum absolute atomic E-state index is 0.274. The summed E-state index contributed by atoms with van der Waals surface area (Å²) in [7, 11) is 1.79. The normalized spacial score (nSPS) is 15.1. The van der Waals surface area contributed by atoms with Gasteiger partial charge in [0.25, 0.3) is 0 Å². The molecule has 0 heterocycles. The fourth-order valence-corrected chi connectivity index (χ4v) is 2.04. The number of hydrogen-bond donors (Lipinski definition) is 2. The number of nitrogens with one attached hydrogen (secondary N) is 1. The van der Waals surface area contributed by atoms with E-state index < -0.39 is 5.54 Å². The monoisotopic (exact) mass is 257 g/mol. The Morgan fingerprint density at radius 3 is 2.22 bits per heavy atom. The van der Waals surface area contributed by atoms with Gasteiger partial charge in [0.1, 0.15) is 0 Å². The Balaban J connectivity index is 4.33. The van der Waals surface area contributed by atoms with Gasteiger partial charge in [-0.05, 0) is 32.9 Å². The Bertz CT molecular complexity index is 241. The first kappa shape index (κ1) is 17.4. The Kier molecular flexibility index (Phi) is 8.20. The molecule has 1 amide bonds. The molecule has 0 radical (unpaired) electrons. The summed E-state index contributed by atoms with van der Waals surface area (Å²) in [5.74, 6) is 0.475. The zero-order chi connectivity index (χ0) is 14.2. The highest BCUT2D eigenvalue weighted by Crippen LogP contribution is 2.13. The van der Waals surface area contributed by atoms with Gasteiger partial charge in [-0.3, -0.25) is 4.79 Å². The van der Waals surface area contributed by atoms with E-state index in [1.807, 2.05) is 6.92 Å². The van der Waals surface area contributed by atoms with Crippen molar-refractivity contribution in [1.29, 1.82) is 0 Å². The van der Waals surface area contributed by atoms with Crippen molar-refractivity contribution in [2.75, 3.05) is 26.7 Å². The summed E-state index contributed by atoms with van der Waals surface area (Å²) < 4.78 is 0. The maximum atomic E-state index is 11.4. The summed E-state index contributed by atoms with van der Waals surface area (Å²) in [5.41, 5.74) is 4.85. The molecule has 4 heteroatoms. The first-order valence-corrected chi connectivity index (χ1v) is 7.14. The molecule has 0 fully saturated rings. The van der Waals surface area contributed by atoms with Crippen LogP contribution in [0.2, 0.25) is 0 Å². The predicted molar refractivity (Wildman–Crippen MR) is 77.5 cm³/mol. The molecular formula is C14H31N3O. The van der Waals surface area contributed by atoms with Crippen LogP contribution in [0.5, 0.6) is 0 Å². The lowest BCUT2D eigenvalue weighted by Crippen LogP contribution is -2.53. The van der Waals surface area contributed by atoms with Crippen LogP contribution in [0.4, 0.5) is 0 Å². The second-order valence-electron chi connectivity index (χ2n) is 5.27. The molecule has 0 bridgehead atoms. The topological polar surface area (TPSA) is 58.4 Å².